The van der Waals surface area contributed by atoms with Crippen LogP contribution in [0.1, 0.15) is 11.3 Å². The first kappa shape index (κ1) is 18.9. The highest BCUT2D eigenvalue weighted by atomic mass is 19.4. The summed E-state index contributed by atoms with van der Waals surface area (Å²) >= 11 is 0. The van der Waals surface area contributed by atoms with Gasteiger partial charge in [0.25, 0.3) is 0 Å². The van der Waals surface area contributed by atoms with E-state index in [0.29, 0.717) is 6.07 Å². The molecule has 0 radical (unpaired) electrons. The third-order valence-electron chi connectivity index (χ3n) is 2.85. The Morgan fingerprint density at radius 1 is 0.680 bits per heavy atom. The topological polar surface area (TPSA) is 22.1 Å². The van der Waals surface area contributed by atoms with Crippen LogP contribution in [0.15, 0.2) is 36.4 Å². The summed E-state index contributed by atoms with van der Waals surface area (Å²) in [6.07, 6.45) is -15.6. The summed E-state index contributed by atoms with van der Waals surface area (Å²) in [6.45, 7) is 0. The van der Waals surface area contributed by atoms with Gasteiger partial charge in [0.2, 0.25) is 0 Å². The van der Waals surface area contributed by atoms with Gasteiger partial charge in [-0.15, -0.1) is 13.2 Å². The maximum atomic E-state index is 12.8. The fourth-order valence-corrected chi connectivity index (χ4v) is 1.89. The van der Waals surface area contributed by atoms with Crippen molar-refractivity contribution in [3.05, 3.63) is 47.7 Å². The van der Waals surface area contributed by atoms with E-state index in [1.807, 2.05) is 0 Å². The molecule has 0 aliphatic rings. The molecule has 0 N–H and O–H groups in total. The predicted octanol–water partition coefficient (Wildman–Crippen LogP) is 5.68. The second-order valence-electron chi connectivity index (χ2n) is 4.66. The van der Waals surface area contributed by atoms with Crippen molar-refractivity contribution in [3.63, 3.8) is 0 Å². The maximum Gasteiger partial charge on any atom is 0.573 e. The lowest BCUT2D eigenvalue weighted by molar-refractivity contribution is -0.274. The number of alkyl halides is 9. The molecule has 2 rings (SSSR count). The van der Waals surface area contributed by atoms with Crippen LogP contribution in [0.3, 0.4) is 0 Å². The highest BCUT2D eigenvalue weighted by molar-refractivity contribution is 5.61. The molecule has 1 aromatic heterocycles. The lowest BCUT2D eigenvalue weighted by Gasteiger charge is -2.15. The molecule has 0 saturated carbocycles. The lowest BCUT2D eigenvalue weighted by atomic mass is 10.1. The van der Waals surface area contributed by atoms with Crippen molar-refractivity contribution < 1.29 is 44.3 Å². The van der Waals surface area contributed by atoms with Crippen LogP contribution in [0.2, 0.25) is 0 Å². The van der Waals surface area contributed by atoms with E-state index < -0.39 is 41.4 Å². The van der Waals surface area contributed by atoms with Crippen molar-refractivity contribution >= 4 is 0 Å². The van der Waals surface area contributed by atoms with Crippen molar-refractivity contribution in [2.45, 2.75) is 18.7 Å². The number of benzene rings is 1. The third kappa shape index (κ3) is 4.77. The standard InChI is InChI=1S/C14H6F9NO/c15-12(16,17)9-5-6-10(24-11(9)13(18,19)20)7-1-3-8(4-2-7)25-14(21,22)23/h1-6H. The SMILES string of the molecule is FC(F)(F)Oc1ccc(-c2ccc(C(F)(F)F)c(C(F)(F)F)n2)cc1. The first-order chi connectivity index (χ1) is 11.3. The van der Waals surface area contributed by atoms with Crippen LogP contribution in [0, 0.1) is 0 Å². The van der Waals surface area contributed by atoms with Crippen molar-refractivity contribution in [3.8, 4) is 17.0 Å². The molecular formula is C14H6F9NO. The summed E-state index contributed by atoms with van der Waals surface area (Å²) in [6, 6.07) is 4.39. The Kier molecular flexibility index (Phi) is 4.62. The Balaban J connectivity index is 2.44. The quantitative estimate of drug-likeness (QED) is 0.630. The van der Waals surface area contributed by atoms with Crippen molar-refractivity contribution in [1.82, 2.24) is 4.98 Å². The van der Waals surface area contributed by atoms with Gasteiger partial charge in [-0.05, 0) is 36.4 Å². The number of aromatic nitrogens is 1. The third-order valence-corrected chi connectivity index (χ3v) is 2.85. The minimum Gasteiger partial charge on any atom is -0.406 e. The largest absolute Gasteiger partial charge is 0.573 e. The zero-order valence-corrected chi connectivity index (χ0v) is 11.7. The molecule has 1 heterocycles. The monoisotopic (exact) mass is 375 g/mol. The smallest absolute Gasteiger partial charge is 0.406 e. The molecule has 0 fully saturated rings. The molecule has 0 spiro atoms. The molecule has 0 saturated heterocycles. The number of hydrogen-bond donors (Lipinski definition) is 0. The van der Waals surface area contributed by atoms with Crippen molar-refractivity contribution in [2.24, 2.45) is 0 Å². The lowest BCUT2D eigenvalue weighted by Crippen LogP contribution is -2.18. The highest BCUT2D eigenvalue weighted by Crippen LogP contribution is 2.40. The van der Waals surface area contributed by atoms with Crippen LogP contribution in [0.5, 0.6) is 5.75 Å². The average molecular weight is 375 g/mol. The highest BCUT2D eigenvalue weighted by Gasteiger charge is 2.44. The van der Waals surface area contributed by atoms with E-state index in [9.17, 15) is 39.5 Å². The van der Waals surface area contributed by atoms with E-state index in [-0.39, 0.29) is 11.6 Å². The van der Waals surface area contributed by atoms with E-state index in [2.05, 4.69) is 9.72 Å². The molecule has 0 unspecified atom stereocenters. The van der Waals surface area contributed by atoms with Crippen LogP contribution >= 0.6 is 0 Å². The van der Waals surface area contributed by atoms with Crippen molar-refractivity contribution in [1.29, 1.82) is 0 Å². The molecule has 2 nitrogen and oxygen atoms in total. The number of pyridine rings is 1. The molecule has 0 aliphatic carbocycles. The number of halogens is 9. The molecule has 1 aromatic carbocycles. The minimum absolute atomic E-state index is 0.117. The summed E-state index contributed by atoms with van der Waals surface area (Å²) in [7, 11) is 0. The molecule has 0 atom stereocenters. The van der Waals surface area contributed by atoms with Gasteiger partial charge < -0.3 is 4.74 Å². The molecule has 0 bridgehead atoms. The summed E-state index contributed by atoms with van der Waals surface area (Å²) in [5.74, 6) is -0.640. The zero-order valence-electron chi connectivity index (χ0n) is 11.7. The van der Waals surface area contributed by atoms with Gasteiger partial charge in [0, 0.05) is 5.56 Å². The van der Waals surface area contributed by atoms with Crippen LogP contribution < -0.4 is 4.74 Å². The van der Waals surface area contributed by atoms with Gasteiger partial charge in [-0.2, -0.15) is 26.3 Å². The number of ether oxygens (including phenoxy) is 1. The Labute approximate surface area is 133 Å². The second kappa shape index (κ2) is 6.12. The Morgan fingerprint density at radius 2 is 1.24 bits per heavy atom. The number of rotatable bonds is 2. The zero-order chi connectivity index (χ0) is 19.0. The number of hydrogen-bond acceptors (Lipinski definition) is 2. The van der Waals surface area contributed by atoms with E-state index in [0.717, 1.165) is 24.3 Å². The van der Waals surface area contributed by atoms with Gasteiger partial charge in [0.1, 0.15) is 5.75 Å². The maximum absolute atomic E-state index is 12.8. The second-order valence-corrected chi connectivity index (χ2v) is 4.66. The van der Waals surface area contributed by atoms with Gasteiger partial charge in [0.05, 0.1) is 11.3 Å². The fraction of sp³-hybridized carbons (Fsp3) is 0.214. The average Bonchev–Trinajstić information content (AvgIpc) is 2.44. The fourth-order valence-electron chi connectivity index (χ4n) is 1.89. The predicted molar refractivity (Wildman–Crippen MR) is 66.4 cm³/mol. The normalized spacial score (nSPS) is 13.0. The first-order valence-electron chi connectivity index (χ1n) is 6.29. The van der Waals surface area contributed by atoms with Gasteiger partial charge in [-0.3, -0.25) is 0 Å². The molecule has 25 heavy (non-hydrogen) atoms. The summed E-state index contributed by atoms with van der Waals surface area (Å²) in [5, 5.41) is 0. The van der Waals surface area contributed by atoms with E-state index in [1.165, 1.54) is 0 Å². The molecule has 136 valence electrons. The van der Waals surface area contributed by atoms with Crippen LogP contribution in [0.25, 0.3) is 11.3 Å². The van der Waals surface area contributed by atoms with Crippen LogP contribution in [-0.4, -0.2) is 11.3 Å². The van der Waals surface area contributed by atoms with Gasteiger partial charge >= 0.3 is 18.7 Å². The van der Waals surface area contributed by atoms with Crippen LogP contribution in [0.4, 0.5) is 39.5 Å². The van der Waals surface area contributed by atoms with Gasteiger partial charge in [-0.25, -0.2) is 4.98 Å². The minimum atomic E-state index is -5.36. The van der Waals surface area contributed by atoms with Crippen molar-refractivity contribution in [2.75, 3.05) is 0 Å². The summed E-state index contributed by atoms with van der Waals surface area (Å²) in [4.78, 5) is 2.98. The van der Waals surface area contributed by atoms with E-state index in [4.69, 9.17) is 0 Å². The summed E-state index contributed by atoms with van der Waals surface area (Å²) < 4.78 is 116. The Bertz CT molecular complexity index is 745. The first-order valence-corrected chi connectivity index (χ1v) is 6.29. The van der Waals surface area contributed by atoms with Crippen LogP contribution in [-0.2, 0) is 12.4 Å². The number of nitrogens with zero attached hydrogens (tertiary/aromatic N) is 1. The Morgan fingerprint density at radius 3 is 1.68 bits per heavy atom. The molecule has 11 heteroatoms. The summed E-state index contributed by atoms with van der Waals surface area (Å²) in [5.41, 5.74) is -4.69. The van der Waals surface area contributed by atoms with Gasteiger partial charge in [-0.1, -0.05) is 0 Å². The van der Waals surface area contributed by atoms with E-state index >= 15 is 0 Å². The molecule has 2 aromatic rings. The van der Waals surface area contributed by atoms with E-state index in [1.54, 1.807) is 0 Å². The molecule has 0 amide bonds. The Hall–Kier alpha value is -2.46. The van der Waals surface area contributed by atoms with Gasteiger partial charge in [0.15, 0.2) is 5.69 Å². The molecular weight excluding hydrogens is 369 g/mol. The molecule has 0 aliphatic heterocycles.